The van der Waals surface area contributed by atoms with Crippen molar-refractivity contribution in [2.75, 3.05) is 7.05 Å². The van der Waals surface area contributed by atoms with E-state index in [0.717, 1.165) is 0 Å². The van der Waals surface area contributed by atoms with Gasteiger partial charge in [-0.15, -0.1) is 11.8 Å². The van der Waals surface area contributed by atoms with Crippen LogP contribution in [0, 0.1) is 26.5 Å². The Morgan fingerprint density at radius 1 is 1.31 bits per heavy atom. The summed E-state index contributed by atoms with van der Waals surface area (Å²) in [6, 6.07) is 4.34. The third kappa shape index (κ3) is 3.56. The number of hydrogen-bond acceptors (Lipinski definition) is 2. The van der Waals surface area contributed by atoms with Crippen molar-refractivity contribution in [3.05, 3.63) is 34.6 Å². The predicted molar refractivity (Wildman–Crippen MR) is 69.5 cm³/mol. The maximum Gasteiger partial charge on any atom is 0.220 e. The third-order valence-corrected chi connectivity index (χ3v) is 3.57. The molecule has 16 heavy (non-hydrogen) atoms. The Kier molecular flexibility index (Phi) is 4.87. The minimum absolute atomic E-state index is 0.0508. The molecule has 0 saturated heterocycles. The fraction of sp³-hybridized carbons (Fsp3) is 0.385. The summed E-state index contributed by atoms with van der Waals surface area (Å²) in [4.78, 5) is 12.3. The molecular weight excluding hydrogens is 218 g/mol. The van der Waals surface area contributed by atoms with E-state index >= 15 is 0 Å². The summed E-state index contributed by atoms with van der Waals surface area (Å²) in [7, 11) is 1.66. The first-order valence-electron chi connectivity index (χ1n) is 5.31. The number of nitrogens with one attached hydrogen (secondary N) is 1. The van der Waals surface area contributed by atoms with Crippen LogP contribution >= 0.6 is 11.8 Å². The molecule has 0 saturated carbocycles. The lowest BCUT2D eigenvalue weighted by atomic mass is 10.1. The zero-order valence-electron chi connectivity index (χ0n) is 10.3. The van der Waals surface area contributed by atoms with Gasteiger partial charge in [0, 0.05) is 24.1 Å². The molecule has 0 aliphatic heterocycles. The van der Waals surface area contributed by atoms with E-state index in [-0.39, 0.29) is 5.91 Å². The van der Waals surface area contributed by atoms with E-state index in [9.17, 15) is 4.79 Å². The summed E-state index contributed by atoms with van der Waals surface area (Å²) in [5.41, 5.74) is 3.83. The standard InChI is InChI=1S/C13H18NOS/c1-9-7-10(2)13(11(3)8-9)16-6-5-12(15)14-4/h6-8H,5H2,1-4H3,(H,14,15). The van der Waals surface area contributed by atoms with E-state index in [0.29, 0.717) is 6.42 Å². The lowest BCUT2D eigenvalue weighted by molar-refractivity contribution is -0.119. The first-order valence-corrected chi connectivity index (χ1v) is 6.19. The summed E-state index contributed by atoms with van der Waals surface area (Å²) in [5, 5.41) is 2.61. The van der Waals surface area contributed by atoms with Crippen LogP contribution in [0.5, 0.6) is 0 Å². The van der Waals surface area contributed by atoms with E-state index in [4.69, 9.17) is 0 Å². The summed E-state index contributed by atoms with van der Waals surface area (Å²) in [6.07, 6.45) is 0.452. The zero-order chi connectivity index (χ0) is 12.1. The minimum Gasteiger partial charge on any atom is -0.359 e. The summed E-state index contributed by atoms with van der Waals surface area (Å²) in [5.74, 6) is 2.00. The van der Waals surface area contributed by atoms with Crippen molar-refractivity contribution in [2.24, 2.45) is 0 Å². The average Bonchev–Trinajstić information content (AvgIpc) is 2.21. The molecule has 1 rings (SSSR count). The summed E-state index contributed by atoms with van der Waals surface area (Å²) >= 11 is 1.64. The lowest BCUT2D eigenvalue weighted by Crippen LogP contribution is -2.16. The predicted octanol–water partition coefficient (Wildman–Crippen LogP) is 3.00. The highest BCUT2D eigenvalue weighted by molar-refractivity contribution is 8.01. The van der Waals surface area contributed by atoms with Crippen molar-refractivity contribution in [1.82, 2.24) is 5.32 Å². The fourth-order valence-corrected chi connectivity index (χ4v) is 2.55. The van der Waals surface area contributed by atoms with Gasteiger partial charge in [0.2, 0.25) is 5.91 Å². The normalized spacial score (nSPS) is 10.2. The van der Waals surface area contributed by atoms with Gasteiger partial charge in [-0.2, -0.15) is 0 Å². The molecule has 0 fully saturated rings. The maximum atomic E-state index is 11.1. The highest BCUT2D eigenvalue weighted by Crippen LogP contribution is 2.29. The molecule has 0 unspecified atom stereocenters. The Morgan fingerprint density at radius 3 is 2.38 bits per heavy atom. The van der Waals surface area contributed by atoms with E-state index in [1.165, 1.54) is 21.6 Å². The monoisotopic (exact) mass is 236 g/mol. The van der Waals surface area contributed by atoms with Crippen LogP contribution in [0.1, 0.15) is 23.1 Å². The van der Waals surface area contributed by atoms with Gasteiger partial charge in [-0.3, -0.25) is 4.79 Å². The molecule has 0 spiro atoms. The Labute approximate surface area is 102 Å². The van der Waals surface area contributed by atoms with Crippen LogP contribution in [0.3, 0.4) is 0 Å². The molecule has 0 atom stereocenters. The van der Waals surface area contributed by atoms with E-state index in [1.54, 1.807) is 18.8 Å². The van der Waals surface area contributed by atoms with Crippen LogP contribution < -0.4 is 5.32 Å². The van der Waals surface area contributed by atoms with Gasteiger partial charge in [0.1, 0.15) is 0 Å². The van der Waals surface area contributed by atoms with Gasteiger partial charge in [-0.25, -0.2) is 0 Å². The van der Waals surface area contributed by atoms with Crippen LogP contribution in [-0.2, 0) is 4.79 Å². The number of hydrogen-bond donors (Lipinski definition) is 1. The van der Waals surface area contributed by atoms with Crippen LogP contribution in [0.25, 0.3) is 0 Å². The quantitative estimate of drug-likeness (QED) is 0.814. The maximum absolute atomic E-state index is 11.1. The van der Waals surface area contributed by atoms with E-state index in [1.807, 2.05) is 5.75 Å². The molecule has 1 aromatic carbocycles. The molecule has 0 heterocycles. The highest BCUT2D eigenvalue weighted by atomic mass is 32.2. The van der Waals surface area contributed by atoms with Gasteiger partial charge < -0.3 is 5.32 Å². The molecular formula is C13H18NOS. The van der Waals surface area contributed by atoms with Gasteiger partial charge in [-0.1, -0.05) is 17.7 Å². The Hall–Kier alpha value is -0.960. The van der Waals surface area contributed by atoms with Gasteiger partial charge in [-0.05, 0) is 31.9 Å². The minimum atomic E-state index is 0.0508. The second-order valence-electron chi connectivity index (χ2n) is 3.89. The SMILES string of the molecule is CNC(=O)C[CH]Sc1c(C)cc(C)cc1C. The van der Waals surface area contributed by atoms with Gasteiger partial charge in [0.05, 0.1) is 0 Å². The van der Waals surface area contributed by atoms with Gasteiger partial charge in [0.25, 0.3) is 0 Å². The fourth-order valence-electron chi connectivity index (χ4n) is 1.66. The second kappa shape index (κ2) is 5.94. The van der Waals surface area contributed by atoms with Gasteiger partial charge >= 0.3 is 0 Å². The molecule has 1 amide bonds. The molecule has 1 aromatic rings. The van der Waals surface area contributed by atoms with Crippen molar-refractivity contribution in [1.29, 1.82) is 0 Å². The molecule has 87 valence electrons. The highest BCUT2D eigenvalue weighted by Gasteiger charge is 2.06. The Balaban J connectivity index is 2.64. The summed E-state index contributed by atoms with van der Waals surface area (Å²) in [6.45, 7) is 6.31. The average molecular weight is 236 g/mol. The molecule has 0 aliphatic rings. The van der Waals surface area contributed by atoms with E-state index in [2.05, 4.69) is 38.2 Å². The Morgan fingerprint density at radius 2 is 1.88 bits per heavy atom. The molecule has 3 heteroatoms. The van der Waals surface area contributed by atoms with Crippen molar-refractivity contribution < 1.29 is 4.79 Å². The number of thioether (sulfide) groups is 1. The smallest absolute Gasteiger partial charge is 0.220 e. The second-order valence-corrected chi connectivity index (χ2v) is 4.87. The molecule has 1 radical (unpaired) electrons. The van der Waals surface area contributed by atoms with Crippen LogP contribution in [0.4, 0.5) is 0 Å². The molecule has 0 aromatic heterocycles. The zero-order valence-corrected chi connectivity index (χ0v) is 11.1. The Bertz CT molecular complexity index is 365. The molecule has 0 aliphatic carbocycles. The van der Waals surface area contributed by atoms with Crippen LogP contribution in [-0.4, -0.2) is 13.0 Å². The first-order chi connectivity index (χ1) is 7.54. The molecule has 1 N–H and O–H groups in total. The first kappa shape index (κ1) is 13.1. The van der Waals surface area contributed by atoms with Gasteiger partial charge in [0.15, 0.2) is 0 Å². The number of aryl methyl sites for hydroxylation is 3. The van der Waals surface area contributed by atoms with Crippen molar-refractivity contribution in [3.8, 4) is 0 Å². The van der Waals surface area contributed by atoms with Crippen LogP contribution in [0.15, 0.2) is 17.0 Å². The van der Waals surface area contributed by atoms with Crippen molar-refractivity contribution >= 4 is 17.7 Å². The number of rotatable bonds is 4. The van der Waals surface area contributed by atoms with Crippen LogP contribution in [0.2, 0.25) is 0 Å². The molecule has 0 bridgehead atoms. The molecule has 2 nitrogen and oxygen atoms in total. The summed E-state index contributed by atoms with van der Waals surface area (Å²) < 4.78 is 0. The number of amides is 1. The topological polar surface area (TPSA) is 29.1 Å². The lowest BCUT2D eigenvalue weighted by Gasteiger charge is -2.10. The van der Waals surface area contributed by atoms with Crippen molar-refractivity contribution in [2.45, 2.75) is 32.1 Å². The van der Waals surface area contributed by atoms with Crippen molar-refractivity contribution in [3.63, 3.8) is 0 Å². The number of carbonyl (C=O) groups is 1. The largest absolute Gasteiger partial charge is 0.359 e. The number of benzene rings is 1. The number of carbonyl (C=O) groups excluding carboxylic acids is 1. The van der Waals surface area contributed by atoms with E-state index < -0.39 is 0 Å². The third-order valence-electron chi connectivity index (χ3n) is 2.35.